The number of likely N-dealkylation sites (tertiary alicyclic amines) is 1. The predicted octanol–water partition coefficient (Wildman–Crippen LogP) is 2.05. The van der Waals surface area contributed by atoms with Gasteiger partial charge in [0.15, 0.2) is 0 Å². The van der Waals surface area contributed by atoms with Crippen molar-refractivity contribution in [3.05, 3.63) is 28.5 Å². The molecule has 3 heteroatoms. The van der Waals surface area contributed by atoms with E-state index >= 15 is 0 Å². The molecule has 1 fully saturated rings. The van der Waals surface area contributed by atoms with E-state index in [0.29, 0.717) is 0 Å². The summed E-state index contributed by atoms with van der Waals surface area (Å²) in [5, 5.41) is 0. The molecule has 2 nitrogen and oxygen atoms in total. The van der Waals surface area contributed by atoms with Crippen LogP contribution in [0.5, 0.6) is 0 Å². The highest BCUT2D eigenvalue weighted by atomic mass is 79.9. The van der Waals surface area contributed by atoms with E-state index in [0.717, 1.165) is 16.7 Å². The Balaban J connectivity index is 1.98. The summed E-state index contributed by atoms with van der Waals surface area (Å²) in [6.07, 6.45) is 3.20. The number of pyridine rings is 1. The number of nitrogens with zero attached hydrogens (tertiary/aromatic N) is 2. The minimum Gasteiger partial charge on any atom is -0.297 e. The monoisotopic (exact) mass is 226 g/mol. The van der Waals surface area contributed by atoms with Crippen LogP contribution in [-0.4, -0.2) is 23.0 Å². The van der Waals surface area contributed by atoms with Crippen molar-refractivity contribution in [2.24, 2.45) is 0 Å². The van der Waals surface area contributed by atoms with Crippen LogP contribution < -0.4 is 0 Å². The van der Waals surface area contributed by atoms with Gasteiger partial charge in [-0.1, -0.05) is 0 Å². The van der Waals surface area contributed by atoms with Crippen LogP contribution in [0.1, 0.15) is 12.1 Å². The SMILES string of the molecule is Brc1ccc(CN2CCC2)nc1. The highest BCUT2D eigenvalue weighted by Crippen LogP contribution is 2.12. The summed E-state index contributed by atoms with van der Waals surface area (Å²) in [6.45, 7) is 3.47. The number of hydrogen-bond acceptors (Lipinski definition) is 2. The summed E-state index contributed by atoms with van der Waals surface area (Å²) >= 11 is 3.37. The standard InChI is InChI=1S/C9H11BrN2/c10-8-2-3-9(11-6-8)7-12-4-1-5-12/h2-3,6H,1,4-5,7H2. The van der Waals surface area contributed by atoms with Gasteiger partial charge in [0, 0.05) is 17.2 Å². The maximum atomic E-state index is 4.31. The highest BCUT2D eigenvalue weighted by Gasteiger charge is 2.13. The molecule has 2 rings (SSSR count). The average Bonchev–Trinajstić information content (AvgIpc) is 2.00. The van der Waals surface area contributed by atoms with Crippen LogP contribution in [0, 0.1) is 0 Å². The lowest BCUT2D eigenvalue weighted by Crippen LogP contribution is -2.36. The second-order valence-corrected chi connectivity index (χ2v) is 4.01. The Morgan fingerprint density at radius 3 is 2.75 bits per heavy atom. The molecule has 12 heavy (non-hydrogen) atoms. The molecule has 0 atom stereocenters. The molecule has 0 spiro atoms. The zero-order chi connectivity index (χ0) is 8.39. The molecule has 0 bridgehead atoms. The molecule has 0 aromatic carbocycles. The molecule has 64 valence electrons. The average molecular weight is 227 g/mol. The molecule has 0 amide bonds. The minimum atomic E-state index is 1.01. The van der Waals surface area contributed by atoms with Gasteiger partial charge < -0.3 is 0 Å². The van der Waals surface area contributed by atoms with Crippen molar-refractivity contribution in [2.45, 2.75) is 13.0 Å². The van der Waals surface area contributed by atoms with Gasteiger partial charge in [-0.25, -0.2) is 0 Å². The normalized spacial score (nSPS) is 17.4. The fourth-order valence-electron chi connectivity index (χ4n) is 1.27. The molecule has 2 heterocycles. The van der Waals surface area contributed by atoms with E-state index < -0.39 is 0 Å². The summed E-state index contributed by atoms with van der Waals surface area (Å²) in [6, 6.07) is 4.12. The first-order chi connectivity index (χ1) is 5.84. The van der Waals surface area contributed by atoms with Gasteiger partial charge in [-0.15, -0.1) is 0 Å². The van der Waals surface area contributed by atoms with Gasteiger partial charge in [-0.05, 0) is 47.6 Å². The molecule has 0 radical (unpaired) electrons. The van der Waals surface area contributed by atoms with E-state index in [2.05, 4.69) is 31.9 Å². The van der Waals surface area contributed by atoms with Crippen LogP contribution in [0.3, 0.4) is 0 Å². The molecular formula is C9H11BrN2. The molecule has 0 saturated carbocycles. The quantitative estimate of drug-likeness (QED) is 0.768. The van der Waals surface area contributed by atoms with Gasteiger partial charge in [-0.2, -0.15) is 0 Å². The van der Waals surface area contributed by atoms with Crippen molar-refractivity contribution in [3.63, 3.8) is 0 Å². The van der Waals surface area contributed by atoms with Crippen molar-refractivity contribution < 1.29 is 0 Å². The van der Waals surface area contributed by atoms with Gasteiger partial charge in [-0.3, -0.25) is 9.88 Å². The molecule has 0 unspecified atom stereocenters. The molecule has 1 saturated heterocycles. The zero-order valence-electron chi connectivity index (χ0n) is 6.83. The minimum absolute atomic E-state index is 1.01. The summed E-state index contributed by atoms with van der Waals surface area (Å²) < 4.78 is 1.05. The Morgan fingerprint density at radius 2 is 2.25 bits per heavy atom. The third-order valence-electron chi connectivity index (χ3n) is 2.12. The Labute approximate surface area is 80.7 Å². The fourth-order valence-corrected chi connectivity index (χ4v) is 1.50. The number of halogens is 1. The van der Waals surface area contributed by atoms with E-state index in [4.69, 9.17) is 0 Å². The first-order valence-electron chi connectivity index (χ1n) is 4.17. The molecule has 1 aliphatic rings. The van der Waals surface area contributed by atoms with Crippen molar-refractivity contribution >= 4 is 15.9 Å². The Morgan fingerprint density at radius 1 is 1.42 bits per heavy atom. The van der Waals surface area contributed by atoms with Crippen LogP contribution in [0.25, 0.3) is 0 Å². The van der Waals surface area contributed by atoms with Gasteiger partial charge in [0.1, 0.15) is 0 Å². The van der Waals surface area contributed by atoms with Crippen LogP contribution in [0.15, 0.2) is 22.8 Å². The topological polar surface area (TPSA) is 16.1 Å². The highest BCUT2D eigenvalue weighted by molar-refractivity contribution is 9.10. The maximum absolute atomic E-state index is 4.31. The van der Waals surface area contributed by atoms with Crippen molar-refractivity contribution in [3.8, 4) is 0 Å². The third-order valence-corrected chi connectivity index (χ3v) is 2.59. The van der Waals surface area contributed by atoms with E-state index in [-0.39, 0.29) is 0 Å². The number of aromatic nitrogens is 1. The van der Waals surface area contributed by atoms with Crippen molar-refractivity contribution in [1.29, 1.82) is 0 Å². The van der Waals surface area contributed by atoms with E-state index in [1.807, 2.05) is 12.3 Å². The van der Waals surface area contributed by atoms with Gasteiger partial charge in [0.05, 0.1) is 5.69 Å². The lowest BCUT2D eigenvalue weighted by Gasteiger charge is -2.30. The zero-order valence-corrected chi connectivity index (χ0v) is 8.42. The maximum Gasteiger partial charge on any atom is 0.0544 e. The molecule has 1 aromatic heterocycles. The van der Waals surface area contributed by atoms with E-state index in [1.54, 1.807) is 0 Å². The summed E-state index contributed by atoms with van der Waals surface area (Å²) in [5.74, 6) is 0. The largest absolute Gasteiger partial charge is 0.297 e. The smallest absolute Gasteiger partial charge is 0.0544 e. The molecule has 0 N–H and O–H groups in total. The second-order valence-electron chi connectivity index (χ2n) is 3.10. The van der Waals surface area contributed by atoms with Crippen LogP contribution in [0.2, 0.25) is 0 Å². The van der Waals surface area contributed by atoms with Gasteiger partial charge >= 0.3 is 0 Å². The second kappa shape index (κ2) is 3.54. The lowest BCUT2D eigenvalue weighted by atomic mass is 10.2. The number of hydrogen-bond donors (Lipinski definition) is 0. The predicted molar refractivity (Wildman–Crippen MR) is 51.8 cm³/mol. The van der Waals surface area contributed by atoms with Crippen molar-refractivity contribution in [2.75, 3.05) is 13.1 Å². The van der Waals surface area contributed by atoms with Crippen LogP contribution >= 0.6 is 15.9 Å². The van der Waals surface area contributed by atoms with Crippen LogP contribution in [0.4, 0.5) is 0 Å². The Bertz CT molecular complexity index is 254. The van der Waals surface area contributed by atoms with Gasteiger partial charge in [0.25, 0.3) is 0 Å². The summed E-state index contributed by atoms with van der Waals surface area (Å²) in [7, 11) is 0. The first kappa shape index (κ1) is 8.20. The van der Waals surface area contributed by atoms with E-state index in [1.165, 1.54) is 19.5 Å². The fraction of sp³-hybridized carbons (Fsp3) is 0.444. The molecular weight excluding hydrogens is 216 g/mol. The van der Waals surface area contributed by atoms with Crippen molar-refractivity contribution in [1.82, 2.24) is 9.88 Å². The molecule has 1 aliphatic heterocycles. The first-order valence-corrected chi connectivity index (χ1v) is 4.97. The molecule has 1 aromatic rings. The molecule has 0 aliphatic carbocycles. The Hall–Kier alpha value is -0.410. The van der Waals surface area contributed by atoms with E-state index in [9.17, 15) is 0 Å². The summed E-state index contributed by atoms with van der Waals surface area (Å²) in [4.78, 5) is 6.71. The Kier molecular flexibility index (Phi) is 2.42. The summed E-state index contributed by atoms with van der Waals surface area (Å²) in [5.41, 5.74) is 1.16. The lowest BCUT2D eigenvalue weighted by molar-refractivity contribution is 0.170. The number of rotatable bonds is 2. The third kappa shape index (κ3) is 1.84. The van der Waals surface area contributed by atoms with Crippen LogP contribution in [-0.2, 0) is 6.54 Å². The van der Waals surface area contributed by atoms with Gasteiger partial charge in [0.2, 0.25) is 0 Å².